The maximum Gasteiger partial charge on any atom is 0.234 e. The normalized spacial score (nSPS) is 10.6. The number of amides is 1. The molecule has 0 aliphatic carbocycles. The molecule has 0 bridgehead atoms. The number of nitrogens with zero attached hydrogens (tertiary/aromatic N) is 4. The average Bonchev–Trinajstić information content (AvgIpc) is 3.12. The van der Waals surface area contributed by atoms with E-state index >= 15 is 0 Å². The number of ether oxygens (including phenoxy) is 1. The smallest absolute Gasteiger partial charge is 0.234 e. The molecule has 1 aromatic heterocycles. The van der Waals surface area contributed by atoms with Crippen LogP contribution in [0.25, 0.3) is 5.69 Å². The molecule has 0 aliphatic heterocycles. The van der Waals surface area contributed by atoms with Crippen molar-refractivity contribution in [3.8, 4) is 11.4 Å². The number of aromatic nitrogens is 4. The van der Waals surface area contributed by atoms with Gasteiger partial charge in [0.15, 0.2) is 0 Å². The lowest BCUT2D eigenvalue weighted by Crippen LogP contribution is -2.15. The van der Waals surface area contributed by atoms with Gasteiger partial charge in [-0.3, -0.25) is 4.79 Å². The van der Waals surface area contributed by atoms with Crippen molar-refractivity contribution < 1.29 is 9.53 Å². The Kier molecular flexibility index (Phi) is 5.52. The first-order chi connectivity index (χ1) is 12.6. The number of nitrogens with one attached hydrogen (secondary N) is 1. The summed E-state index contributed by atoms with van der Waals surface area (Å²) in [6, 6.07) is 13.2. The van der Waals surface area contributed by atoms with E-state index in [4.69, 9.17) is 4.74 Å². The first-order valence-electron chi connectivity index (χ1n) is 8.00. The number of carbonyl (C=O) groups excluding carboxylic acids is 1. The molecule has 1 amide bonds. The molecule has 0 atom stereocenters. The molecule has 1 N–H and O–H groups in total. The number of anilines is 1. The van der Waals surface area contributed by atoms with E-state index in [0.717, 1.165) is 28.3 Å². The molecule has 2 aromatic carbocycles. The number of hydrogen-bond donors (Lipinski definition) is 1. The molecule has 0 spiro atoms. The van der Waals surface area contributed by atoms with Crippen LogP contribution in [0, 0.1) is 13.8 Å². The standard InChI is InChI=1S/C18H19N5O2S/c1-12-5-4-6-16(13(12)2)19-17(24)11-26-18-20-21-22-23(18)14-7-9-15(25-3)10-8-14/h4-10H,11H2,1-3H3,(H,19,24). The van der Waals surface area contributed by atoms with Crippen LogP contribution in [0.3, 0.4) is 0 Å². The minimum absolute atomic E-state index is 0.104. The largest absolute Gasteiger partial charge is 0.497 e. The van der Waals surface area contributed by atoms with Crippen molar-refractivity contribution in [3.05, 3.63) is 53.6 Å². The summed E-state index contributed by atoms with van der Waals surface area (Å²) in [6.07, 6.45) is 0. The van der Waals surface area contributed by atoms with Crippen molar-refractivity contribution in [2.24, 2.45) is 0 Å². The van der Waals surface area contributed by atoms with Gasteiger partial charge in [-0.2, -0.15) is 4.68 Å². The van der Waals surface area contributed by atoms with Crippen molar-refractivity contribution in [1.29, 1.82) is 0 Å². The summed E-state index contributed by atoms with van der Waals surface area (Å²) in [5.41, 5.74) is 3.83. The fraction of sp³-hybridized carbons (Fsp3) is 0.222. The Morgan fingerprint density at radius 2 is 1.96 bits per heavy atom. The van der Waals surface area contributed by atoms with Crippen LogP contribution in [-0.2, 0) is 4.79 Å². The molecule has 3 rings (SSSR count). The minimum atomic E-state index is -0.104. The number of tetrazole rings is 1. The van der Waals surface area contributed by atoms with Crippen molar-refractivity contribution in [1.82, 2.24) is 20.2 Å². The van der Waals surface area contributed by atoms with Crippen LogP contribution in [-0.4, -0.2) is 39.0 Å². The lowest BCUT2D eigenvalue weighted by molar-refractivity contribution is -0.113. The molecular formula is C18H19N5O2S. The molecule has 8 heteroatoms. The molecular weight excluding hydrogens is 350 g/mol. The van der Waals surface area contributed by atoms with Gasteiger partial charge >= 0.3 is 0 Å². The maximum absolute atomic E-state index is 12.3. The quantitative estimate of drug-likeness (QED) is 0.673. The zero-order valence-electron chi connectivity index (χ0n) is 14.8. The van der Waals surface area contributed by atoms with E-state index < -0.39 is 0 Å². The predicted octanol–water partition coefficient (Wildman–Crippen LogP) is 3.02. The summed E-state index contributed by atoms with van der Waals surface area (Å²) >= 11 is 1.28. The highest BCUT2D eigenvalue weighted by atomic mass is 32.2. The molecule has 0 aliphatic rings. The Balaban J connectivity index is 1.66. The number of rotatable bonds is 6. The Labute approximate surface area is 155 Å². The molecule has 0 fully saturated rings. The maximum atomic E-state index is 12.3. The molecule has 0 saturated heterocycles. The Bertz CT molecular complexity index is 908. The first kappa shape index (κ1) is 17.9. The number of hydrogen-bond acceptors (Lipinski definition) is 6. The van der Waals surface area contributed by atoms with Gasteiger partial charge in [-0.1, -0.05) is 23.9 Å². The molecule has 0 saturated carbocycles. The Morgan fingerprint density at radius 3 is 2.69 bits per heavy atom. The van der Waals surface area contributed by atoms with E-state index in [1.165, 1.54) is 11.8 Å². The summed E-state index contributed by atoms with van der Waals surface area (Å²) in [4.78, 5) is 12.3. The minimum Gasteiger partial charge on any atom is -0.497 e. The van der Waals surface area contributed by atoms with Crippen molar-refractivity contribution in [3.63, 3.8) is 0 Å². The number of carbonyl (C=O) groups is 1. The predicted molar refractivity (Wildman–Crippen MR) is 101 cm³/mol. The van der Waals surface area contributed by atoms with E-state index in [1.54, 1.807) is 11.8 Å². The Hall–Kier alpha value is -2.87. The lowest BCUT2D eigenvalue weighted by atomic mass is 10.1. The van der Waals surface area contributed by atoms with E-state index in [2.05, 4.69) is 20.8 Å². The summed E-state index contributed by atoms with van der Waals surface area (Å²) in [5.74, 6) is 0.862. The summed E-state index contributed by atoms with van der Waals surface area (Å²) in [6.45, 7) is 4.01. The van der Waals surface area contributed by atoms with Gasteiger partial charge in [0, 0.05) is 5.69 Å². The third-order valence-electron chi connectivity index (χ3n) is 3.97. The van der Waals surface area contributed by atoms with Gasteiger partial charge in [0.2, 0.25) is 11.1 Å². The molecule has 26 heavy (non-hydrogen) atoms. The fourth-order valence-corrected chi connectivity index (χ4v) is 3.05. The fourth-order valence-electron chi connectivity index (χ4n) is 2.36. The van der Waals surface area contributed by atoms with Crippen LogP contribution in [0.15, 0.2) is 47.6 Å². The van der Waals surface area contributed by atoms with Gasteiger partial charge in [0.05, 0.1) is 18.6 Å². The third-order valence-corrected chi connectivity index (χ3v) is 4.89. The topological polar surface area (TPSA) is 81.9 Å². The highest BCUT2D eigenvalue weighted by Gasteiger charge is 2.12. The highest BCUT2D eigenvalue weighted by Crippen LogP contribution is 2.22. The molecule has 7 nitrogen and oxygen atoms in total. The van der Waals surface area contributed by atoms with Gasteiger partial charge in [-0.25, -0.2) is 0 Å². The Morgan fingerprint density at radius 1 is 1.19 bits per heavy atom. The van der Waals surface area contributed by atoms with Crippen LogP contribution in [0.2, 0.25) is 0 Å². The summed E-state index contributed by atoms with van der Waals surface area (Å²) < 4.78 is 6.74. The van der Waals surface area contributed by atoms with Crippen molar-refractivity contribution in [2.75, 3.05) is 18.2 Å². The number of thioether (sulfide) groups is 1. The zero-order valence-corrected chi connectivity index (χ0v) is 15.6. The monoisotopic (exact) mass is 369 g/mol. The van der Waals surface area contributed by atoms with Gasteiger partial charge in [-0.15, -0.1) is 5.10 Å². The van der Waals surface area contributed by atoms with Crippen molar-refractivity contribution >= 4 is 23.4 Å². The first-order valence-corrected chi connectivity index (χ1v) is 8.98. The van der Waals surface area contributed by atoms with Crippen LogP contribution in [0.5, 0.6) is 5.75 Å². The zero-order chi connectivity index (χ0) is 18.5. The van der Waals surface area contributed by atoms with Gasteiger partial charge < -0.3 is 10.1 Å². The van der Waals surface area contributed by atoms with E-state index in [-0.39, 0.29) is 11.7 Å². The van der Waals surface area contributed by atoms with Crippen molar-refractivity contribution in [2.45, 2.75) is 19.0 Å². The second kappa shape index (κ2) is 8.01. The molecule has 1 heterocycles. The van der Waals surface area contributed by atoms with Gasteiger partial charge in [0.1, 0.15) is 5.75 Å². The van der Waals surface area contributed by atoms with Crippen LogP contribution >= 0.6 is 11.8 Å². The summed E-state index contributed by atoms with van der Waals surface area (Å²) in [7, 11) is 1.61. The molecule has 0 unspecified atom stereocenters. The second-order valence-corrected chi connectivity index (χ2v) is 6.60. The molecule has 0 radical (unpaired) electrons. The average molecular weight is 369 g/mol. The summed E-state index contributed by atoms with van der Waals surface area (Å²) in [5, 5.41) is 15.2. The number of benzene rings is 2. The van der Waals surface area contributed by atoms with Crippen LogP contribution in [0.1, 0.15) is 11.1 Å². The van der Waals surface area contributed by atoms with Crippen LogP contribution < -0.4 is 10.1 Å². The SMILES string of the molecule is COc1ccc(-n2nnnc2SCC(=O)Nc2cccc(C)c2C)cc1. The van der Waals surface area contributed by atoms with E-state index in [0.29, 0.717) is 5.16 Å². The van der Waals surface area contributed by atoms with Gasteiger partial charge in [0.25, 0.3) is 0 Å². The van der Waals surface area contributed by atoms with Crippen LogP contribution in [0.4, 0.5) is 5.69 Å². The number of methoxy groups -OCH3 is 1. The highest BCUT2D eigenvalue weighted by molar-refractivity contribution is 7.99. The lowest BCUT2D eigenvalue weighted by Gasteiger charge is -2.10. The van der Waals surface area contributed by atoms with E-state index in [1.807, 2.05) is 56.3 Å². The van der Waals surface area contributed by atoms with E-state index in [9.17, 15) is 4.79 Å². The molecule has 134 valence electrons. The van der Waals surface area contributed by atoms with Gasteiger partial charge in [-0.05, 0) is 65.7 Å². The molecule has 3 aromatic rings. The number of aryl methyl sites for hydroxylation is 1. The third kappa shape index (κ3) is 4.02. The second-order valence-electron chi connectivity index (χ2n) is 5.66.